The molecule has 4 heteroatoms. The van der Waals surface area contributed by atoms with Gasteiger partial charge in [0.25, 0.3) is 11.5 Å². The zero-order valence-corrected chi connectivity index (χ0v) is 13.3. The van der Waals surface area contributed by atoms with Crippen molar-refractivity contribution in [1.82, 2.24) is 9.88 Å². The number of hydrogen-bond donors (Lipinski definition) is 1. The van der Waals surface area contributed by atoms with Gasteiger partial charge in [-0.2, -0.15) is 0 Å². The predicted octanol–water partition coefficient (Wildman–Crippen LogP) is 3.18. The number of nitrogens with zero attached hydrogens (tertiary/aromatic N) is 1. The Labute approximate surface area is 130 Å². The van der Waals surface area contributed by atoms with Crippen molar-refractivity contribution < 1.29 is 4.79 Å². The molecule has 22 heavy (non-hydrogen) atoms. The summed E-state index contributed by atoms with van der Waals surface area (Å²) < 4.78 is 0. The summed E-state index contributed by atoms with van der Waals surface area (Å²) in [5, 5.41) is 1.43. The van der Waals surface area contributed by atoms with E-state index in [9.17, 15) is 9.59 Å². The minimum absolute atomic E-state index is 0.0634. The zero-order valence-electron chi connectivity index (χ0n) is 13.3. The van der Waals surface area contributed by atoms with Crippen molar-refractivity contribution in [1.29, 1.82) is 0 Å². The number of H-pyrrole nitrogens is 1. The lowest BCUT2D eigenvalue weighted by atomic mass is 10.0. The molecule has 1 aliphatic carbocycles. The lowest BCUT2D eigenvalue weighted by Crippen LogP contribution is -2.43. The van der Waals surface area contributed by atoms with E-state index >= 15 is 0 Å². The van der Waals surface area contributed by atoms with Crippen molar-refractivity contribution in [3.8, 4) is 0 Å². The molecule has 3 rings (SSSR count). The van der Waals surface area contributed by atoms with Crippen LogP contribution < -0.4 is 5.56 Å². The Morgan fingerprint density at radius 2 is 1.91 bits per heavy atom. The summed E-state index contributed by atoms with van der Waals surface area (Å²) in [6.07, 6.45) is 2.11. The van der Waals surface area contributed by atoms with E-state index in [-0.39, 0.29) is 17.5 Å². The van der Waals surface area contributed by atoms with Crippen LogP contribution in [0.1, 0.15) is 44.1 Å². The first kappa shape index (κ1) is 14.8. The van der Waals surface area contributed by atoms with Crippen molar-refractivity contribution in [3.05, 3.63) is 46.4 Å². The monoisotopic (exact) mass is 298 g/mol. The second kappa shape index (κ2) is 5.59. The van der Waals surface area contributed by atoms with E-state index in [1.807, 2.05) is 23.1 Å². The molecule has 4 nitrogen and oxygen atoms in total. The maximum atomic E-state index is 12.9. The average molecular weight is 298 g/mol. The second-order valence-electron chi connectivity index (χ2n) is 6.53. The van der Waals surface area contributed by atoms with Crippen LogP contribution in [0.4, 0.5) is 0 Å². The smallest absolute Gasteiger partial charge is 0.270 e. The minimum Gasteiger partial charge on any atom is -0.331 e. The average Bonchev–Trinajstić information content (AvgIpc) is 3.32. The van der Waals surface area contributed by atoms with Gasteiger partial charge in [0.1, 0.15) is 5.69 Å². The van der Waals surface area contributed by atoms with Crippen molar-refractivity contribution in [2.75, 3.05) is 0 Å². The lowest BCUT2D eigenvalue weighted by Gasteiger charge is -2.32. The molecule has 116 valence electrons. The molecule has 0 spiro atoms. The molecule has 1 atom stereocenters. The molecule has 1 heterocycles. The first-order valence-corrected chi connectivity index (χ1v) is 7.93. The molecule has 1 N–H and O–H groups in total. The van der Waals surface area contributed by atoms with Gasteiger partial charge in [0, 0.05) is 17.5 Å². The van der Waals surface area contributed by atoms with E-state index in [1.165, 1.54) is 0 Å². The summed E-state index contributed by atoms with van der Waals surface area (Å²) in [6.45, 7) is 6.33. The van der Waals surface area contributed by atoms with Crippen molar-refractivity contribution in [3.63, 3.8) is 0 Å². The molecule has 1 fully saturated rings. The Bertz CT molecular complexity index is 759. The number of fused-ring (bicyclic) bond motifs is 1. The molecule has 1 aromatic heterocycles. The summed E-state index contributed by atoms with van der Waals surface area (Å²) in [7, 11) is 0. The Balaban J connectivity index is 2.02. The summed E-state index contributed by atoms with van der Waals surface area (Å²) in [4.78, 5) is 29.8. The van der Waals surface area contributed by atoms with Gasteiger partial charge in [-0.3, -0.25) is 9.59 Å². The minimum atomic E-state index is -0.200. The number of carbonyl (C=O) groups excluding carboxylic acids is 1. The number of aromatic amines is 1. The Morgan fingerprint density at radius 1 is 1.23 bits per heavy atom. The van der Waals surface area contributed by atoms with Gasteiger partial charge in [-0.15, -0.1) is 0 Å². The molecule has 1 saturated carbocycles. The highest BCUT2D eigenvalue weighted by molar-refractivity contribution is 5.96. The third-order valence-electron chi connectivity index (χ3n) is 4.56. The molecule has 0 unspecified atom stereocenters. The highest BCUT2D eigenvalue weighted by Gasteiger charge is 2.37. The number of amides is 1. The summed E-state index contributed by atoms with van der Waals surface area (Å²) in [5.41, 5.74) is 0.192. The third kappa shape index (κ3) is 2.65. The van der Waals surface area contributed by atoms with Gasteiger partial charge >= 0.3 is 0 Å². The largest absolute Gasteiger partial charge is 0.331 e. The van der Waals surface area contributed by atoms with Gasteiger partial charge < -0.3 is 9.88 Å². The molecule has 0 bridgehead atoms. The Kier molecular flexibility index (Phi) is 3.77. The van der Waals surface area contributed by atoms with Gasteiger partial charge in [0.05, 0.1) is 0 Å². The maximum Gasteiger partial charge on any atom is 0.270 e. The number of benzene rings is 1. The van der Waals surface area contributed by atoms with E-state index in [4.69, 9.17) is 0 Å². The molecular formula is C18H22N2O2. The van der Waals surface area contributed by atoms with Crippen LogP contribution in [0.2, 0.25) is 0 Å². The summed E-state index contributed by atoms with van der Waals surface area (Å²) in [5.74, 6) is 0.322. The number of pyridine rings is 1. The first-order chi connectivity index (χ1) is 10.5. The van der Waals surface area contributed by atoms with E-state index in [0.717, 1.165) is 18.2 Å². The SMILES string of the molecule is CC(C)[C@H](C)N(C(=O)c1cc2ccccc2c(=O)[nH]1)C1CC1. The van der Waals surface area contributed by atoms with E-state index in [0.29, 0.717) is 23.0 Å². The second-order valence-corrected chi connectivity index (χ2v) is 6.53. The van der Waals surface area contributed by atoms with Gasteiger partial charge in [-0.1, -0.05) is 32.0 Å². The molecule has 1 aromatic carbocycles. The molecule has 0 saturated heterocycles. The third-order valence-corrected chi connectivity index (χ3v) is 4.56. The van der Waals surface area contributed by atoms with Crippen LogP contribution in [-0.4, -0.2) is 27.9 Å². The van der Waals surface area contributed by atoms with Crippen molar-refractivity contribution >= 4 is 16.7 Å². The zero-order chi connectivity index (χ0) is 15.9. The highest BCUT2D eigenvalue weighted by atomic mass is 16.2. The number of carbonyl (C=O) groups is 1. The number of rotatable bonds is 4. The topological polar surface area (TPSA) is 53.2 Å². The molecule has 1 aliphatic rings. The predicted molar refractivity (Wildman–Crippen MR) is 88.1 cm³/mol. The fourth-order valence-electron chi connectivity index (χ4n) is 2.82. The number of hydrogen-bond acceptors (Lipinski definition) is 2. The molecule has 0 radical (unpaired) electrons. The van der Waals surface area contributed by atoms with Gasteiger partial charge in [0.2, 0.25) is 0 Å². The summed E-state index contributed by atoms with van der Waals surface area (Å²) >= 11 is 0. The number of nitrogens with one attached hydrogen (secondary N) is 1. The van der Waals surface area contributed by atoms with Crippen molar-refractivity contribution in [2.24, 2.45) is 5.92 Å². The Morgan fingerprint density at radius 3 is 2.55 bits per heavy atom. The van der Waals surface area contributed by atoms with Crippen LogP contribution in [0.25, 0.3) is 10.8 Å². The van der Waals surface area contributed by atoms with E-state index in [2.05, 4.69) is 25.8 Å². The standard InChI is InChI=1S/C18H22N2O2/c1-11(2)12(3)20(14-8-9-14)18(22)16-10-13-6-4-5-7-15(13)17(21)19-16/h4-7,10-12,14H,8-9H2,1-3H3,(H,19,21)/t12-/m0/s1. The fraction of sp³-hybridized carbons (Fsp3) is 0.444. The van der Waals surface area contributed by atoms with Crippen LogP contribution >= 0.6 is 0 Å². The van der Waals surface area contributed by atoms with Crippen molar-refractivity contribution in [2.45, 2.75) is 45.7 Å². The lowest BCUT2D eigenvalue weighted by molar-refractivity contribution is 0.0621. The number of aromatic nitrogens is 1. The van der Waals surface area contributed by atoms with Crippen LogP contribution in [0.15, 0.2) is 35.1 Å². The maximum absolute atomic E-state index is 12.9. The fourth-order valence-corrected chi connectivity index (χ4v) is 2.82. The molecular weight excluding hydrogens is 276 g/mol. The van der Waals surface area contributed by atoms with Gasteiger partial charge in [0.15, 0.2) is 0 Å². The van der Waals surface area contributed by atoms with Gasteiger partial charge in [-0.05, 0) is 43.2 Å². The first-order valence-electron chi connectivity index (χ1n) is 7.93. The Hall–Kier alpha value is -2.10. The quantitative estimate of drug-likeness (QED) is 0.942. The molecule has 0 aliphatic heterocycles. The molecule has 1 amide bonds. The normalized spacial score (nSPS) is 16.0. The van der Waals surface area contributed by atoms with Crippen LogP contribution in [0.3, 0.4) is 0 Å². The van der Waals surface area contributed by atoms with Crippen LogP contribution in [0, 0.1) is 5.92 Å². The van der Waals surface area contributed by atoms with E-state index in [1.54, 1.807) is 12.1 Å². The van der Waals surface area contributed by atoms with Crippen LogP contribution in [-0.2, 0) is 0 Å². The van der Waals surface area contributed by atoms with Crippen LogP contribution in [0.5, 0.6) is 0 Å². The molecule has 2 aromatic rings. The summed E-state index contributed by atoms with van der Waals surface area (Å²) in [6, 6.07) is 9.63. The highest BCUT2D eigenvalue weighted by Crippen LogP contribution is 2.31. The van der Waals surface area contributed by atoms with Gasteiger partial charge in [-0.25, -0.2) is 0 Å². The van der Waals surface area contributed by atoms with E-state index < -0.39 is 0 Å².